The van der Waals surface area contributed by atoms with E-state index in [1.54, 1.807) is 16.7 Å². The summed E-state index contributed by atoms with van der Waals surface area (Å²) in [5, 5.41) is 8.70. The number of piperazine rings is 1. The third kappa shape index (κ3) is 6.12. The summed E-state index contributed by atoms with van der Waals surface area (Å²) in [4.78, 5) is 39.9. The van der Waals surface area contributed by atoms with Crippen molar-refractivity contribution in [3.05, 3.63) is 0 Å². The van der Waals surface area contributed by atoms with E-state index in [2.05, 4.69) is 0 Å². The maximum Gasteiger partial charge on any atom is 0.303 e. The van der Waals surface area contributed by atoms with Crippen molar-refractivity contribution in [2.45, 2.75) is 19.8 Å². The molecule has 7 heteroatoms. The van der Waals surface area contributed by atoms with Crippen molar-refractivity contribution in [3.63, 3.8) is 0 Å². The highest BCUT2D eigenvalue weighted by atomic mass is 16.4. The number of likely N-dealkylation sites (N-methyl/N-ethyl adjacent to an activating group) is 1. The third-order valence-corrected chi connectivity index (χ3v) is 3.48. The molecule has 21 heavy (non-hydrogen) atoms. The Kier molecular flexibility index (Phi) is 6.61. The fraction of sp³-hybridized carbons (Fsp3) is 0.786. The topological polar surface area (TPSA) is 81.2 Å². The summed E-state index contributed by atoms with van der Waals surface area (Å²) in [6.07, 6.45) is 0.255. The average Bonchev–Trinajstić information content (AvgIpc) is 2.36. The highest BCUT2D eigenvalue weighted by Crippen LogP contribution is 2.12. The predicted octanol–water partition coefficient (Wildman–Crippen LogP) is -0.280. The SMILES string of the molecule is CC(CC(=O)O)CC(=O)N1CCN(C(=O)CN(C)C)CC1. The van der Waals surface area contributed by atoms with Gasteiger partial charge in [0.05, 0.1) is 6.54 Å². The predicted molar refractivity (Wildman–Crippen MR) is 77.7 cm³/mol. The number of hydrogen-bond donors (Lipinski definition) is 1. The molecule has 0 aromatic rings. The van der Waals surface area contributed by atoms with Crippen LogP contribution in [-0.4, -0.2) is 84.4 Å². The van der Waals surface area contributed by atoms with E-state index in [0.29, 0.717) is 32.7 Å². The van der Waals surface area contributed by atoms with Crippen LogP contribution < -0.4 is 0 Å². The monoisotopic (exact) mass is 299 g/mol. The smallest absolute Gasteiger partial charge is 0.303 e. The molecule has 2 amide bonds. The van der Waals surface area contributed by atoms with Gasteiger partial charge in [-0.25, -0.2) is 0 Å². The van der Waals surface area contributed by atoms with E-state index in [0.717, 1.165) is 0 Å². The lowest BCUT2D eigenvalue weighted by Crippen LogP contribution is -2.52. The maximum absolute atomic E-state index is 12.1. The van der Waals surface area contributed by atoms with E-state index in [9.17, 15) is 14.4 Å². The number of carboxylic acid groups (broad SMARTS) is 1. The number of carbonyl (C=O) groups is 3. The van der Waals surface area contributed by atoms with Gasteiger partial charge >= 0.3 is 5.97 Å². The number of rotatable bonds is 6. The molecule has 1 unspecified atom stereocenters. The van der Waals surface area contributed by atoms with Crippen molar-refractivity contribution in [2.75, 3.05) is 46.8 Å². The lowest BCUT2D eigenvalue weighted by molar-refractivity contribution is -0.141. The molecule has 1 atom stereocenters. The molecule has 1 N–H and O–H groups in total. The van der Waals surface area contributed by atoms with Gasteiger partial charge in [0, 0.05) is 39.0 Å². The van der Waals surface area contributed by atoms with Crippen LogP contribution in [0.3, 0.4) is 0 Å². The Bertz CT molecular complexity index is 390. The molecular formula is C14H25N3O4. The fourth-order valence-electron chi connectivity index (χ4n) is 2.37. The molecule has 1 aliphatic heterocycles. The molecule has 1 rings (SSSR count). The highest BCUT2D eigenvalue weighted by molar-refractivity contribution is 5.80. The number of carboxylic acids is 1. The van der Waals surface area contributed by atoms with Crippen molar-refractivity contribution in [1.82, 2.24) is 14.7 Å². The van der Waals surface area contributed by atoms with Crippen molar-refractivity contribution in [1.29, 1.82) is 0 Å². The van der Waals surface area contributed by atoms with Gasteiger partial charge in [0.2, 0.25) is 11.8 Å². The number of aliphatic carboxylic acids is 1. The first-order valence-corrected chi connectivity index (χ1v) is 7.21. The Morgan fingerprint density at radius 2 is 1.48 bits per heavy atom. The average molecular weight is 299 g/mol. The van der Waals surface area contributed by atoms with Gasteiger partial charge in [-0.3, -0.25) is 14.4 Å². The molecule has 0 spiro atoms. The Labute approximate surface area is 125 Å². The number of hydrogen-bond acceptors (Lipinski definition) is 4. The summed E-state index contributed by atoms with van der Waals surface area (Å²) in [5.41, 5.74) is 0. The van der Waals surface area contributed by atoms with Crippen LogP contribution in [0.2, 0.25) is 0 Å². The minimum absolute atomic E-state index is 0.00697. The van der Waals surface area contributed by atoms with Crippen molar-refractivity contribution < 1.29 is 19.5 Å². The molecular weight excluding hydrogens is 274 g/mol. The summed E-state index contributed by atoms with van der Waals surface area (Å²) < 4.78 is 0. The molecule has 1 fully saturated rings. The molecule has 0 bridgehead atoms. The van der Waals surface area contributed by atoms with Crippen LogP contribution in [0.25, 0.3) is 0 Å². The van der Waals surface area contributed by atoms with Crippen LogP contribution in [-0.2, 0) is 14.4 Å². The molecule has 7 nitrogen and oxygen atoms in total. The van der Waals surface area contributed by atoms with E-state index in [1.165, 1.54) is 0 Å². The van der Waals surface area contributed by atoms with E-state index in [4.69, 9.17) is 5.11 Å². The lowest BCUT2D eigenvalue weighted by atomic mass is 10.0. The standard InChI is InChI=1S/C14H25N3O4/c1-11(9-14(20)21)8-12(18)16-4-6-17(7-5-16)13(19)10-15(2)3/h11H,4-10H2,1-3H3,(H,20,21). The van der Waals surface area contributed by atoms with Crippen molar-refractivity contribution in [2.24, 2.45) is 5.92 Å². The summed E-state index contributed by atoms with van der Waals surface area (Å²) >= 11 is 0. The second kappa shape index (κ2) is 7.97. The Morgan fingerprint density at radius 3 is 1.90 bits per heavy atom. The number of amides is 2. The van der Waals surface area contributed by atoms with Crippen LogP contribution >= 0.6 is 0 Å². The molecule has 0 radical (unpaired) electrons. The number of nitrogens with zero attached hydrogens (tertiary/aromatic N) is 3. The first-order chi connectivity index (χ1) is 9.79. The van der Waals surface area contributed by atoms with Gasteiger partial charge in [-0.15, -0.1) is 0 Å². The fourth-order valence-corrected chi connectivity index (χ4v) is 2.37. The summed E-state index contributed by atoms with van der Waals surface area (Å²) in [5.74, 6) is -0.993. The molecule has 0 aromatic heterocycles. The van der Waals surface area contributed by atoms with E-state index in [1.807, 2.05) is 19.0 Å². The molecule has 1 heterocycles. The second-order valence-electron chi connectivity index (χ2n) is 5.91. The van der Waals surface area contributed by atoms with Gasteiger partial charge in [-0.1, -0.05) is 6.92 Å². The zero-order chi connectivity index (χ0) is 16.0. The zero-order valence-corrected chi connectivity index (χ0v) is 13.0. The van der Waals surface area contributed by atoms with Crippen molar-refractivity contribution >= 4 is 17.8 Å². The third-order valence-electron chi connectivity index (χ3n) is 3.48. The Balaban J connectivity index is 2.36. The molecule has 1 aliphatic rings. The first-order valence-electron chi connectivity index (χ1n) is 7.21. The van der Waals surface area contributed by atoms with Crippen LogP contribution in [0.5, 0.6) is 0 Å². The first kappa shape index (κ1) is 17.4. The Morgan fingerprint density at radius 1 is 1.00 bits per heavy atom. The molecule has 120 valence electrons. The summed E-state index contributed by atoms with van der Waals surface area (Å²) in [6.45, 7) is 4.29. The molecule has 0 aromatic carbocycles. The highest BCUT2D eigenvalue weighted by Gasteiger charge is 2.25. The van der Waals surface area contributed by atoms with E-state index < -0.39 is 5.97 Å². The summed E-state index contributed by atoms with van der Waals surface area (Å²) in [7, 11) is 3.70. The van der Waals surface area contributed by atoms with Crippen LogP contribution in [0, 0.1) is 5.92 Å². The van der Waals surface area contributed by atoms with Gasteiger partial charge < -0.3 is 19.8 Å². The zero-order valence-electron chi connectivity index (χ0n) is 13.0. The lowest BCUT2D eigenvalue weighted by Gasteiger charge is -2.35. The van der Waals surface area contributed by atoms with Crippen molar-refractivity contribution in [3.8, 4) is 0 Å². The minimum Gasteiger partial charge on any atom is -0.481 e. The summed E-state index contributed by atoms with van der Waals surface area (Å²) in [6, 6.07) is 0. The molecule has 1 saturated heterocycles. The quantitative estimate of drug-likeness (QED) is 0.729. The number of carbonyl (C=O) groups excluding carboxylic acids is 2. The van der Waals surface area contributed by atoms with Gasteiger partial charge in [0.25, 0.3) is 0 Å². The van der Waals surface area contributed by atoms with Gasteiger partial charge in [-0.05, 0) is 20.0 Å². The van der Waals surface area contributed by atoms with E-state index in [-0.39, 0.29) is 30.6 Å². The maximum atomic E-state index is 12.1. The van der Waals surface area contributed by atoms with Crippen LogP contribution in [0.4, 0.5) is 0 Å². The largest absolute Gasteiger partial charge is 0.481 e. The molecule has 0 aliphatic carbocycles. The van der Waals surface area contributed by atoms with Crippen LogP contribution in [0.1, 0.15) is 19.8 Å². The minimum atomic E-state index is -0.880. The van der Waals surface area contributed by atoms with Crippen LogP contribution in [0.15, 0.2) is 0 Å². The second-order valence-corrected chi connectivity index (χ2v) is 5.91. The Hall–Kier alpha value is -1.63. The van der Waals surface area contributed by atoms with Gasteiger partial charge in [-0.2, -0.15) is 0 Å². The van der Waals surface area contributed by atoms with Gasteiger partial charge in [0.15, 0.2) is 0 Å². The molecule has 0 saturated carbocycles. The normalized spacial score (nSPS) is 17.0. The van der Waals surface area contributed by atoms with Gasteiger partial charge in [0.1, 0.15) is 0 Å². The van der Waals surface area contributed by atoms with E-state index >= 15 is 0 Å².